The second-order valence-corrected chi connectivity index (χ2v) is 15.0. The third kappa shape index (κ3) is 8.85. The number of sulfonamides is 1. The molecule has 1 atom stereocenters. The van der Waals surface area contributed by atoms with Crippen molar-refractivity contribution < 1.29 is 18.0 Å². The summed E-state index contributed by atoms with van der Waals surface area (Å²) in [6.07, 6.45) is 5.25. The number of nitrogens with zero attached hydrogens (tertiary/aromatic N) is 2. The molecule has 1 fully saturated rings. The fourth-order valence-electron chi connectivity index (χ4n) is 6.18. The van der Waals surface area contributed by atoms with E-state index < -0.39 is 28.5 Å². The number of hydrogen-bond donors (Lipinski definition) is 1. The first-order valence-electron chi connectivity index (χ1n) is 16.7. The number of benzene rings is 4. The Morgan fingerprint density at radius 2 is 1.42 bits per heavy atom. The first kappa shape index (κ1) is 35.2. The summed E-state index contributed by atoms with van der Waals surface area (Å²) in [5.41, 5.74) is 2.96. The van der Waals surface area contributed by atoms with E-state index in [-0.39, 0.29) is 35.7 Å². The fraction of sp³-hybridized carbons (Fsp3) is 0.333. The molecule has 0 heterocycles. The van der Waals surface area contributed by atoms with Gasteiger partial charge in [-0.3, -0.25) is 13.9 Å². The molecule has 4 aromatic rings. The normalized spacial score (nSPS) is 14.3. The van der Waals surface area contributed by atoms with Crippen molar-refractivity contribution in [2.45, 2.75) is 81.8 Å². The highest BCUT2D eigenvalue weighted by Gasteiger charge is 2.35. The lowest BCUT2D eigenvalue weighted by Crippen LogP contribution is -2.55. The van der Waals surface area contributed by atoms with E-state index in [9.17, 15) is 18.0 Å². The highest BCUT2D eigenvalue weighted by molar-refractivity contribution is 7.92. The van der Waals surface area contributed by atoms with E-state index in [4.69, 9.17) is 11.6 Å². The monoisotopic (exact) mass is 685 g/mol. The van der Waals surface area contributed by atoms with Crippen molar-refractivity contribution in [3.05, 3.63) is 131 Å². The Bertz CT molecular complexity index is 1760. The van der Waals surface area contributed by atoms with Gasteiger partial charge in [0.2, 0.25) is 11.8 Å². The third-order valence-corrected chi connectivity index (χ3v) is 11.1. The molecule has 0 spiro atoms. The van der Waals surface area contributed by atoms with Crippen molar-refractivity contribution in [3.8, 4) is 0 Å². The minimum atomic E-state index is -4.17. The van der Waals surface area contributed by atoms with E-state index in [1.165, 1.54) is 17.0 Å². The quantitative estimate of drug-likeness (QED) is 0.156. The van der Waals surface area contributed by atoms with Crippen molar-refractivity contribution in [2.75, 3.05) is 10.8 Å². The highest BCUT2D eigenvalue weighted by atomic mass is 35.5. The summed E-state index contributed by atoms with van der Waals surface area (Å²) in [5, 5.41) is 3.69. The molecule has 5 rings (SSSR count). The lowest BCUT2D eigenvalue weighted by Gasteiger charge is -2.35. The lowest BCUT2D eigenvalue weighted by molar-refractivity contribution is -0.140. The number of hydrogen-bond acceptors (Lipinski definition) is 4. The SMILES string of the molecule is CC(C)c1ccc(N(CC(=O)N(Cc2ccccc2Cl)C(Cc2ccccc2)C(=O)NC2CCCCC2)S(=O)(=O)c2ccccc2)cc1. The summed E-state index contributed by atoms with van der Waals surface area (Å²) in [5.74, 6) is -0.528. The van der Waals surface area contributed by atoms with Crippen LogP contribution in [0.4, 0.5) is 5.69 Å². The van der Waals surface area contributed by atoms with Crippen LogP contribution in [0.25, 0.3) is 0 Å². The number of anilines is 1. The van der Waals surface area contributed by atoms with Gasteiger partial charge in [0, 0.05) is 24.0 Å². The zero-order valence-corrected chi connectivity index (χ0v) is 29.2. The first-order chi connectivity index (χ1) is 23.1. The largest absolute Gasteiger partial charge is 0.352 e. The third-order valence-electron chi connectivity index (χ3n) is 8.98. The smallest absolute Gasteiger partial charge is 0.264 e. The van der Waals surface area contributed by atoms with Crippen LogP contribution in [-0.4, -0.2) is 43.8 Å². The molecule has 2 amide bonds. The van der Waals surface area contributed by atoms with Gasteiger partial charge in [-0.2, -0.15) is 0 Å². The number of halogens is 1. The zero-order chi connectivity index (χ0) is 34.1. The molecule has 9 heteroatoms. The van der Waals surface area contributed by atoms with Crippen LogP contribution in [0.1, 0.15) is 68.6 Å². The Kier molecular flexibility index (Phi) is 12.0. The number of carbonyl (C=O) groups is 2. The van der Waals surface area contributed by atoms with Crippen LogP contribution in [0.5, 0.6) is 0 Å². The standard InChI is InChI=1S/C39H44ClN3O4S/c1-29(2)31-22-24-34(25-23-31)43(48(46,47)35-19-10-5-11-20-35)28-38(44)42(27-32-16-12-13-21-36(32)40)37(26-30-14-6-3-7-15-30)39(45)41-33-17-8-4-9-18-33/h3,5-7,10-16,19-25,29,33,37H,4,8-9,17-18,26-28H2,1-2H3,(H,41,45). The average molecular weight is 686 g/mol. The van der Waals surface area contributed by atoms with Gasteiger partial charge in [-0.15, -0.1) is 0 Å². The Balaban J connectivity index is 1.57. The molecule has 1 aliphatic carbocycles. The van der Waals surface area contributed by atoms with Gasteiger partial charge >= 0.3 is 0 Å². The van der Waals surface area contributed by atoms with Crippen LogP contribution in [0, 0.1) is 0 Å². The number of rotatable bonds is 13. The minimum absolute atomic E-state index is 0.0243. The van der Waals surface area contributed by atoms with Crippen LogP contribution >= 0.6 is 11.6 Å². The molecule has 7 nitrogen and oxygen atoms in total. The summed E-state index contributed by atoms with van der Waals surface area (Å²) in [7, 11) is -4.17. The van der Waals surface area contributed by atoms with Gasteiger partial charge in [-0.25, -0.2) is 8.42 Å². The molecule has 1 N–H and O–H groups in total. The second kappa shape index (κ2) is 16.3. The van der Waals surface area contributed by atoms with Gasteiger partial charge in [0.05, 0.1) is 10.6 Å². The van der Waals surface area contributed by atoms with Gasteiger partial charge in [-0.1, -0.05) is 124 Å². The van der Waals surface area contributed by atoms with Crippen molar-refractivity contribution in [1.82, 2.24) is 10.2 Å². The average Bonchev–Trinajstić information content (AvgIpc) is 3.10. The van der Waals surface area contributed by atoms with Gasteiger partial charge < -0.3 is 10.2 Å². The summed E-state index contributed by atoms with van der Waals surface area (Å²) in [4.78, 5) is 30.5. The van der Waals surface area contributed by atoms with Crippen LogP contribution in [-0.2, 0) is 32.6 Å². The maximum Gasteiger partial charge on any atom is 0.264 e. The number of amides is 2. The molecule has 4 aromatic carbocycles. The fourth-order valence-corrected chi connectivity index (χ4v) is 7.81. The first-order valence-corrected chi connectivity index (χ1v) is 18.5. The minimum Gasteiger partial charge on any atom is -0.352 e. The molecular formula is C39H44ClN3O4S. The molecule has 0 aromatic heterocycles. The van der Waals surface area contributed by atoms with Crippen molar-refractivity contribution in [1.29, 1.82) is 0 Å². The second-order valence-electron chi connectivity index (χ2n) is 12.7. The van der Waals surface area contributed by atoms with Crippen molar-refractivity contribution in [3.63, 3.8) is 0 Å². The van der Waals surface area contributed by atoms with Crippen LogP contribution in [0.15, 0.2) is 114 Å². The van der Waals surface area contributed by atoms with Gasteiger partial charge in [0.1, 0.15) is 12.6 Å². The molecule has 0 radical (unpaired) electrons. The Labute approximate surface area is 290 Å². The predicted octanol–water partition coefficient (Wildman–Crippen LogP) is 7.75. The molecule has 252 valence electrons. The molecule has 48 heavy (non-hydrogen) atoms. The molecule has 1 saturated carbocycles. The molecule has 0 saturated heterocycles. The van der Waals surface area contributed by atoms with E-state index >= 15 is 0 Å². The predicted molar refractivity (Wildman–Crippen MR) is 192 cm³/mol. The van der Waals surface area contributed by atoms with Gasteiger partial charge in [0.25, 0.3) is 10.0 Å². The van der Waals surface area contributed by atoms with Crippen LogP contribution < -0.4 is 9.62 Å². The Morgan fingerprint density at radius 3 is 2.04 bits per heavy atom. The zero-order valence-electron chi connectivity index (χ0n) is 27.6. The maximum absolute atomic E-state index is 14.7. The molecular weight excluding hydrogens is 642 g/mol. The Morgan fingerprint density at radius 1 is 0.812 bits per heavy atom. The summed E-state index contributed by atoms with van der Waals surface area (Å²) in [6.45, 7) is 3.65. The van der Waals surface area contributed by atoms with Gasteiger partial charge in [-0.05, 0) is 65.8 Å². The molecule has 1 aliphatic rings. The topological polar surface area (TPSA) is 86.8 Å². The lowest BCUT2D eigenvalue weighted by atomic mass is 9.94. The summed E-state index contributed by atoms with van der Waals surface area (Å²) < 4.78 is 29.6. The molecule has 0 bridgehead atoms. The highest BCUT2D eigenvalue weighted by Crippen LogP contribution is 2.28. The summed E-state index contributed by atoms with van der Waals surface area (Å²) >= 11 is 6.62. The van der Waals surface area contributed by atoms with Gasteiger partial charge in [0.15, 0.2) is 0 Å². The van der Waals surface area contributed by atoms with E-state index in [0.29, 0.717) is 16.3 Å². The number of nitrogens with one attached hydrogen (secondary N) is 1. The van der Waals surface area contributed by atoms with Crippen LogP contribution in [0.2, 0.25) is 5.02 Å². The maximum atomic E-state index is 14.7. The van der Waals surface area contributed by atoms with E-state index in [0.717, 1.165) is 47.5 Å². The van der Waals surface area contributed by atoms with E-state index in [1.54, 1.807) is 36.4 Å². The van der Waals surface area contributed by atoms with E-state index in [1.807, 2.05) is 60.7 Å². The number of carbonyl (C=O) groups excluding carboxylic acids is 2. The van der Waals surface area contributed by atoms with Crippen molar-refractivity contribution >= 4 is 39.1 Å². The summed E-state index contributed by atoms with van der Waals surface area (Å²) in [6, 6.07) is 31.2. The van der Waals surface area contributed by atoms with E-state index in [2.05, 4.69) is 19.2 Å². The molecule has 0 aliphatic heterocycles. The molecule has 1 unspecified atom stereocenters. The van der Waals surface area contributed by atoms with Crippen LogP contribution in [0.3, 0.4) is 0 Å². The Hall–Kier alpha value is -4.14. The van der Waals surface area contributed by atoms with Crippen molar-refractivity contribution in [2.24, 2.45) is 0 Å².